The van der Waals surface area contributed by atoms with Crippen LogP contribution >= 0.6 is 0 Å². The predicted octanol–water partition coefficient (Wildman–Crippen LogP) is -5.09. The normalized spacial score (nSPS) is 12.4. The molecule has 0 heterocycles. The van der Waals surface area contributed by atoms with Crippen molar-refractivity contribution in [1.29, 1.82) is 0 Å². The minimum atomic E-state index is -1.80. The van der Waals surface area contributed by atoms with Crippen molar-refractivity contribution in [2.45, 2.75) is 86.4 Å². The van der Waals surface area contributed by atoms with Crippen LogP contribution in [0.1, 0.15) is 64.2 Å². The Labute approximate surface area is 360 Å². The van der Waals surface area contributed by atoms with Crippen molar-refractivity contribution >= 4 is 23.6 Å². The van der Waals surface area contributed by atoms with Gasteiger partial charge in [-0.2, -0.15) is 0 Å². The Morgan fingerprint density at radius 2 is 0.645 bits per heavy atom. The summed E-state index contributed by atoms with van der Waals surface area (Å²) in [6, 6.07) is 6.99. The summed E-state index contributed by atoms with van der Waals surface area (Å²) >= 11 is 0. The number of unbranched alkanes of at least 4 members (excludes halogenated alkanes) is 6. The Morgan fingerprint density at radius 3 is 0.887 bits per heavy atom. The van der Waals surface area contributed by atoms with Gasteiger partial charge in [-0.1, -0.05) is 44.6 Å². The monoisotopic (exact) mass is 894 g/mol. The number of carbonyl (C=O) groups excluding carboxylic acids is 4. The van der Waals surface area contributed by atoms with Gasteiger partial charge >= 0.3 is 0 Å². The molecule has 0 radical (unpaired) electrons. The Morgan fingerprint density at radius 1 is 0.403 bits per heavy atom. The highest BCUT2D eigenvalue weighted by molar-refractivity contribution is 6.01. The number of hydrogen-bond donors (Lipinski definition) is 16. The minimum absolute atomic E-state index is 0.00480. The van der Waals surface area contributed by atoms with E-state index in [-0.39, 0.29) is 12.8 Å². The first-order valence-electron chi connectivity index (χ1n) is 20.6. The number of amides is 4. The molecule has 0 spiro atoms. The van der Waals surface area contributed by atoms with E-state index in [1.165, 1.54) is 0 Å². The summed E-state index contributed by atoms with van der Waals surface area (Å²) in [5.41, 5.74) is -7.18. The van der Waals surface area contributed by atoms with E-state index >= 15 is 0 Å². The number of aliphatic hydroxyl groups is 12. The molecule has 0 aliphatic heterocycles. The van der Waals surface area contributed by atoms with Gasteiger partial charge < -0.3 is 92.0 Å². The van der Waals surface area contributed by atoms with Gasteiger partial charge in [-0.05, 0) is 37.8 Å². The lowest BCUT2D eigenvalue weighted by molar-refractivity contribution is -0.141. The molecule has 0 fully saturated rings. The second kappa shape index (κ2) is 29.6. The maximum Gasteiger partial charge on any atom is 0.233 e. The van der Waals surface area contributed by atoms with Crippen LogP contribution in [0.25, 0.3) is 0 Å². The fourth-order valence-corrected chi connectivity index (χ4v) is 5.87. The van der Waals surface area contributed by atoms with Gasteiger partial charge in [0.15, 0.2) is 0 Å². The third-order valence-electron chi connectivity index (χ3n) is 10.6. The van der Waals surface area contributed by atoms with Gasteiger partial charge in [-0.15, -0.1) is 0 Å². The summed E-state index contributed by atoms with van der Waals surface area (Å²) in [4.78, 5) is 52.4. The molecule has 0 aliphatic carbocycles. The Balaban J connectivity index is 2.65. The molecule has 1 aromatic rings. The van der Waals surface area contributed by atoms with Crippen LogP contribution in [0.4, 0.5) is 0 Å². The van der Waals surface area contributed by atoms with Crippen molar-refractivity contribution in [3.8, 4) is 11.5 Å². The maximum absolute atomic E-state index is 13.1. The van der Waals surface area contributed by atoms with Gasteiger partial charge in [-0.3, -0.25) is 19.2 Å². The van der Waals surface area contributed by atoms with Gasteiger partial charge in [-0.25, -0.2) is 0 Å². The van der Waals surface area contributed by atoms with E-state index < -0.39 is 137 Å². The largest absolute Gasteiger partial charge is 0.493 e. The molecule has 4 amide bonds. The van der Waals surface area contributed by atoms with E-state index in [1.54, 1.807) is 24.3 Å². The Hall–Kier alpha value is -3.78. The average molecular weight is 895 g/mol. The summed E-state index contributed by atoms with van der Waals surface area (Å²) in [6.45, 7) is -9.11. The first-order chi connectivity index (χ1) is 29.7. The third-order valence-corrected chi connectivity index (χ3v) is 10.6. The van der Waals surface area contributed by atoms with Crippen LogP contribution in [0.2, 0.25) is 0 Å². The maximum atomic E-state index is 13.1. The van der Waals surface area contributed by atoms with Crippen molar-refractivity contribution in [1.82, 2.24) is 21.3 Å². The van der Waals surface area contributed by atoms with E-state index in [0.29, 0.717) is 76.1 Å². The zero-order valence-electron chi connectivity index (χ0n) is 35.3. The summed E-state index contributed by atoms with van der Waals surface area (Å²) in [6.07, 6.45) is 4.38. The molecular formula is C40H70N4O18. The summed E-state index contributed by atoms with van der Waals surface area (Å²) in [7, 11) is 0. The van der Waals surface area contributed by atoms with Crippen LogP contribution < -0.4 is 30.7 Å². The first-order valence-corrected chi connectivity index (χ1v) is 20.6. The van der Waals surface area contributed by atoms with Crippen molar-refractivity contribution in [3.05, 3.63) is 24.3 Å². The molecule has 0 bridgehead atoms. The fourth-order valence-electron chi connectivity index (χ4n) is 5.87. The third kappa shape index (κ3) is 17.8. The molecule has 62 heavy (non-hydrogen) atoms. The van der Waals surface area contributed by atoms with E-state index in [0.717, 1.165) is 0 Å². The SMILES string of the molecule is O=C(NC(CO)(CO)CO)C(CCCCCCOc1cccc(OCCCCCCC(C(=O)NC(CO)(CO)CO)C(=O)NC(CO)(CO)CO)c1)C(=O)NC(CO)(CO)CO. The van der Waals surface area contributed by atoms with Crippen LogP contribution in [0, 0.1) is 11.8 Å². The molecule has 0 aromatic heterocycles. The molecule has 0 aliphatic rings. The van der Waals surface area contributed by atoms with Crippen molar-refractivity contribution in [2.24, 2.45) is 11.8 Å². The van der Waals surface area contributed by atoms with Gasteiger partial charge in [0, 0.05) is 6.07 Å². The smallest absolute Gasteiger partial charge is 0.233 e. The minimum Gasteiger partial charge on any atom is -0.493 e. The summed E-state index contributed by atoms with van der Waals surface area (Å²) < 4.78 is 11.7. The molecule has 22 heteroatoms. The summed E-state index contributed by atoms with van der Waals surface area (Å²) in [5.74, 6) is -5.35. The van der Waals surface area contributed by atoms with Crippen molar-refractivity contribution < 1.29 is 89.9 Å². The number of ether oxygens (including phenoxy) is 2. The summed E-state index contributed by atoms with van der Waals surface area (Å²) in [5, 5.41) is 125. The Kier molecular flexibility index (Phi) is 26.8. The molecule has 1 aromatic carbocycles. The van der Waals surface area contributed by atoms with Crippen LogP contribution in [-0.2, 0) is 19.2 Å². The number of hydrogen-bond acceptors (Lipinski definition) is 18. The highest BCUT2D eigenvalue weighted by Crippen LogP contribution is 2.22. The van der Waals surface area contributed by atoms with E-state index in [1.807, 2.05) is 0 Å². The van der Waals surface area contributed by atoms with E-state index in [9.17, 15) is 80.5 Å². The number of benzene rings is 1. The number of aliphatic hydroxyl groups excluding tert-OH is 12. The van der Waals surface area contributed by atoms with E-state index in [2.05, 4.69) is 21.3 Å². The standard InChI is InChI=1S/C40H70N4O18/c45-17-37(18-46,19-47)41-33(57)31(34(58)42-38(20-48,21-49)22-50)12-5-1-3-7-14-61-29-10-9-11-30(16-29)62-15-8-4-2-6-13-32(35(59)43-39(23-51,24-52)25-53)36(60)44-40(26-54,27-55)28-56/h9-11,16,31-32,45-56H,1-8,12-15,17-28H2,(H,41,57)(H,42,58)(H,43,59)(H,44,60). The second-order valence-electron chi connectivity index (χ2n) is 15.7. The fraction of sp³-hybridized carbons (Fsp3) is 0.750. The van der Waals surface area contributed by atoms with Gasteiger partial charge in [0.1, 0.15) is 45.5 Å². The molecule has 0 unspecified atom stereocenters. The highest BCUT2D eigenvalue weighted by Gasteiger charge is 2.40. The van der Waals surface area contributed by atoms with Crippen molar-refractivity contribution in [3.63, 3.8) is 0 Å². The molecule has 1 rings (SSSR count). The zero-order chi connectivity index (χ0) is 46.7. The lowest BCUT2D eigenvalue weighted by Crippen LogP contribution is -2.62. The van der Waals surface area contributed by atoms with Crippen LogP contribution in [0.3, 0.4) is 0 Å². The van der Waals surface area contributed by atoms with Crippen LogP contribution in [0.5, 0.6) is 11.5 Å². The molecular weight excluding hydrogens is 824 g/mol. The average Bonchev–Trinajstić information content (AvgIpc) is 3.30. The Bertz CT molecular complexity index is 1240. The van der Waals surface area contributed by atoms with Gasteiger partial charge in [0.25, 0.3) is 0 Å². The second-order valence-corrected chi connectivity index (χ2v) is 15.7. The molecule has 0 atom stereocenters. The topological polar surface area (TPSA) is 378 Å². The van der Waals surface area contributed by atoms with Gasteiger partial charge in [0.05, 0.1) is 92.5 Å². The molecule has 0 saturated heterocycles. The predicted molar refractivity (Wildman–Crippen MR) is 219 cm³/mol. The molecule has 358 valence electrons. The number of rotatable bonds is 36. The molecule has 16 N–H and O–H groups in total. The van der Waals surface area contributed by atoms with Crippen molar-refractivity contribution in [2.75, 3.05) is 92.5 Å². The highest BCUT2D eigenvalue weighted by atomic mass is 16.5. The van der Waals surface area contributed by atoms with Gasteiger partial charge in [0.2, 0.25) is 23.6 Å². The molecule has 22 nitrogen and oxygen atoms in total. The van der Waals surface area contributed by atoms with Crippen LogP contribution in [-0.4, -0.2) is 200 Å². The van der Waals surface area contributed by atoms with Crippen LogP contribution in [0.15, 0.2) is 24.3 Å². The van der Waals surface area contributed by atoms with E-state index in [4.69, 9.17) is 9.47 Å². The lowest BCUT2D eigenvalue weighted by atomic mass is 9.94. The molecule has 0 saturated carbocycles. The zero-order valence-corrected chi connectivity index (χ0v) is 35.3. The number of carbonyl (C=O) groups is 4. The number of nitrogens with one attached hydrogen (secondary N) is 4. The lowest BCUT2D eigenvalue weighted by Gasteiger charge is -2.33. The first kappa shape index (κ1) is 56.2. The quantitative estimate of drug-likeness (QED) is 0.0221.